The summed E-state index contributed by atoms with van der Waals surface area (Å²) < 4.78 is 44.6. The molecule has 1 N–H and O–H groups in total. The van der Waals surface area contributed by atoms with Crippen LogP contribution in [0, 0.1) is 12.8 Å². The van der Waals surface area contributed by atoms with Crippen LogP contribution in [0.25, 0.3) is 0 Å². The van der Waals surface area contributed by atoms with Gasteiger partial charge in [0.25, 0.3) is 0 Å². The number of terminal acetylenes is 1. The summed E-state index contributed by atoms with van der Waals surface area (Å²) in [7, 11) is 3.35. The van der Waals surface area contributed by atoms with E-state index < -0.39 is 11.7 Å². The SMILES string of the molecule is C#C.CC.CC.CC.C\C=C/C(=C\C(=C\CC)C(F)(F)F)CN=C(CNC(=O)C1CCCCN1C)OC. The molecule has 1 aliphatic heterocycles. The summed E-state index contributed by atoms with van der Waals surface area (Å²) in [5, 5.41) is 2.81. The summed E-state index contributed by atoms with van der Waals surface area (Å²) in [6.45, 7) is 16.4. The van der Waals surface area contributed by atoms with E-state index in [0.717, 1.165) is 38.0 Å². The molecule has 0 aromatic carbocycles. The van der Waals surface area contributed by atoms with Gasteiger partial charge in [-0.25, -0.2) is 4.99 Å². The number of carbonyl (C=O) groups is 1. The second-order valence-corrected chi connectivity index (χ2v) is 6.91. The van der Waals surface area contributed by atoms with E-state index in [0.29, 0.717) is 5.57 Å². The van der Waals surface area contributed by atoms with Crippen LogP contribution >= 0.6 is 0 Å². The third-order valence-corrected chi connectivity index (χ3v) is 4.63. The number of piperidine rings is 1. The summed E-state index contributed by atoms with van der Waals surface area (Å²) in [4.78, 5) is 18.6. The van der Waals surface area contributed by atoms with E-state index >= 15 is 0 Å². The highest BCUT2D eigenvalue weighted by Gasteiger charge is 2.31. The maximum absolute atomic E-state index is 13.1. The first kappa shape index (κ1) is 41.6. The summed E-state index contributed by atoms with van der Waals surface area (Å²) in [5.41, 5.74) is -0.298. The number of amides is 1. The molecule has 0 bridgehead atoms. The van der Waals surface area contributed by atoms with Gasteiger partial charge in [0.15, 0.2) is 0 Å². The van der Waals surface area contributed by atoms with Crippen LogP contribution in [0.3, 0.4) is 0 Å². The summed E-state index contributed by atoms with van der Waals surface area (Å²) in [5.74, 6) is 0.173. The van der Waals surface area contributed by atoms with Crippen molar-refractivity contribution in [3.8, 4) is 12.8 Å². The van der Waals surface area contributed by atoms with Crippen molar-refractivity contribution in [3.63, 3.8) is 0 Å². The number of nitrogens with zero attached hydrogens (tertiary/aromatic N) is 2. The Morgan fingerprint density at radius 1 is 1.14 bits per heavy atom. The molecule has 1 atom stereocenters. The number of halogens is 3. The molecule has 1 fully saturated rings. The lowest BCUT2D eigenvalue weighted by Crippen LogP contribution is -2.48. The average Bonchev–Trinajstić information content (AvgIpc) is 2.92. The van der Waals surface area contributed by atoms with E-state index in [-0.39, 0.29) is 37.4 Å². The lowest BCUT2D eigenvalue weighted by atomic mass is 10.0. The topological polar surface area (TPSA) is 53.9 Å². The van der Waals surface area contributed by atoms with E-state index in [1.165, 1.54) is 7.11 Å². The number of likely N-dealkylation sites (tertiary alicyclic amines) is 1. The third kappa shape index (κ3) is 20.2. The number of rotatable bonds is 8. The Labute approximate surface area is 225 Å². The van der Waals surface area contributed by atoms with Crippen molar-refractivity contribution >= 4 is 11.8 Å². The Hall–Kier alpha value is -2.53. The van der Waals surface area contributed by atoms with Gasteiger partial charge in [0.2, 0.25) is 11.8 Å². The van der Waals surface area contributed by atoms with Crippen LogP contribution in [0.15, 0.2) is 40.4 Å². The molecule has 1 saturated heterocycles. The van der Waals surface area contributed by atoms with E-state index in [4.69, 9.17) is 4.74 Å². The lowest BCUT2D eigenvalue weighted by Gasteiger charge is -2.31. The molecule has 0 spiro atoms. The van der Waals surface area contributed by atoms with Crippen molar-refractivity contribution in [2.24, 2.45) is 4.99 Å². The molecule has 1 amide bonds. The third-order valence-electron chi connectivity index (χ3n) is 4.63. The van der Waals surface area contributed by atoms with Gasteiger partial charge in [-0.3, -0.25) is 9.69 Å². The van der Waals surface area contributed by atoms with Crippen LogP contribution in [-0.4, -0.2) is 62.7 Å². The molecule has 1 aliphatic rings. The molecular formula is C29H52F3N3O2. The number of aliphatic imine (C=N–C) groups is 1. The van der Waals surface area contributed by atoms with Crippen LogP contribution in [0.5, 0.6) is 0 Å². The van der Waals surface area contributed by atoms with E-state index in [1.807, 2.05) is 53.5 Å². The largest absolute Gasteiger partial charge is 0.483 e. The lowest BCUT2D eigenvalue weighted by molar-refractivity contribution is -0.126. The fourth-order valence-electron chi connectivity index (χ4n) is 3.10. The smallest absolute Gasteiger partial charge is 0.416 e. The molecule has 1 rings (SSSR count). The number of carbonyl (C=O) groups excluding carboxylic acids is 1. The maximum Gasteiger partial charge on any atom is 0.416 e. The molecule has 37 heavy (non-hydrogen) atoms. The number of allylic oxidation sites excluding steroid dienone is 4. The van der Waals surface area contributed by atoms with Gasteiger partial charge in [0, 0.05) is 0 Å². The second-order valence-electron chi connectivity index (χ2n) is 6.91. The normalized spacial score (nSPS) is 16.4. The van der Waals surface area contributed by atoms with Gasteiger partial charge in [0.05, 0.1) is 31.8 Å². The average molecular weight is 532 g/mol. The van der Waals surface area contributed by atoms with Gasteiger partial charge in [-0.05, 0) is 51.4 Å². The predicted molar refractivity (Wildman–Crippen MR) is 154 cm³/mol. The first-order valence-corrected chi connectivity index (χ1v) is 13.2. The Morgan fingerprint density at radius 3 is 2.14 bits per heavy atom. The molecular weight excluding hydrogens is 479 g/mol. The standard InChI is InChI=1S/C21H32F3N3O2.3C2H6.C2H2/c1-5-9-16(13-17(10-6-2)21(22,23)24)14-25-19(29-4)15-26-20(28)18-11-7-8-12-27(18)3;4*1-2/h5,9-10,13,18H,6-8,11-12,14-15H2,1-4H3,(H,26,28);3*1-2H3;1-2H/b9-5-,16-13+,17-10-,25-19?;;;;. The van der Waals surface area contributed by atoms with Crippen molar-refractivity contribution in [2.45, 2.75) is 93.3 Å². The minimum atomic E-state index is -4.42. The Bertz CT molecular complexity index is 694. The van der Waals surface area contributed by atoms with Crippen LogP contribution in [-0.2, 0) is 9.53 Å². The number of nitrogens with one attached hydrogen (secondary N) is 1. The minimum Gasteiger partial charge on any atom is -0.483 e. The van der Waals surface area contributed by atoms with Crippen LogP contribution in [0.2, 0.25) is 0 Å². The molecule has 0 saturated carbocycles. The van der Waals surface area contributed by atoms with E-state index in [1.54, 1.807) is 26.0 Å². The first-order valence-electron chi connectivity index (χ1n) is 13.2. The number of hydrogen-bond acceptors (Lipinski definition) is 4. The van der Waals surface area contributed by atoms with E-state index in [9.17, 15) is 18.0 Å². The number of likely N-dealkylation sites (N-methyl/N-ethyl adjacent to an activating group) is 1. The van der Waals surface area contributed by atoms with Gasteiger partial charge >= 0.3 is 6.18 Å². The minimum absolute atomic E-state index is 0.0177. The van der Waals surface area contributed by atoms with E-state index in [2.05, 4.69) is 23.2 Å². The van der Waals surface area contributed by atoms with Crippen molar-refractivity contribution in [1.82, 2.24) is 10.2 Å². The summed E-state index contributed by atoms with van der Waals surface area (Å²) >= 11 is 0. The molecule has 5 nitrogen and oxygen atoms in total. The fraction of sp³-hybridized carbons (Fsp3) is 0.655. The summed E-state index contributed by atoms with van der Waals surface area (Å²) in [6, 6.07) is -0.172. The zero-order chi connectivity index (χ0) is 29.9. The van der Waals surface area contributed by atoms with Crippen molar-refractivity contribution in [1.29, 1.82) is 0 Å². The number of hydrogen-bond donors (Lipinski definition) is 1. The summed E-state index contributed by atoms with van der Waals surface area (Å²) in [6.07, 6.45) is 12.2. The molecule has 0 aliphatic carbocycles. The molecule has 8 heteroatoms. The quantitative estimate of drug-likeness (QED) is 0.154. The highest BCUT2D eigenvalue weighted by molar-refractivity contribution is 5.87. The van der Waals surface area contributed by atoms with Crippen molar-refractivity contribution in [2.75, 3.05) is 33.8 Å². The second kappa shape index (κ2) is 28.0. The monoisotopic (exact) mass is 531 g/mol. The first-order chi connectivity index (χ1) is 17.7. The van der Waals surface area contributed by atoms with Crippen molar-refractivity contribution < 1.29 is 22.7 Å². The van der Waals surface area contributed by atoms with Gasteiger partial charge < -0.3 is 10.1 Å². The number of methoxy groups -OCH3 is 1. The van der Waals surface area contributed by atoms with Gasteiger partial charge in [-0.15, -0.1) is 12.8 Å². The van der Waals surface area contributed by atoms with Crippen molar-refractivity contribution in [3.05, 3.63) is 35.5 Å². The highest BCUT2D eigenvalue weighted by atomic mass is 19.4. The number of ether oxygens (including phenoxy) is 1. The van der Waals surface area contributed by atoms with Crippen LogP contribution in [0.1, 0.15) is 81.1 Å². The van der Waals surface area contributed by atoms with Gasteiger partial charge in [-0.2, -0.15) is 13.2 Å². The molecule has 0 aromatic rings. The molecule has 216 valence electrons. The Kier molecular flexibility index (Phi) is 31.5. The van der Waals surface area contributed by atoms with Crippen LogP contribution in [0.4, 0.5) is 13.2 Å². The Balaban J connectivity index is -0.000000617. The van der Waals surface area contributed by atoms with Gasteiger partial charge in [0.1, 0.15) is 0 Å². The fourth-order valence-corrected chi connectivity index (χ4v) is 3.10. The maximum atomic E-state index is 13.1. The molecule has 1 unspecified atom stereocenters. The highest BCUT2D eigenvalue weighted by Crippen LogP contribution is 2.28. The predicted octanol–water partition coefficient (Wildman–Crippen LogP) is 7.36. The zero-order valence-corrected chi connectivity index (χ0v) is 24.8. The molecule has 0 aromatic heterocycles. The molecule has 0 radical (unpaired) electrons. The number of alkyl halides is 3. The zero-order valence-electron chi connectivity index (χ0n) is 24.8. The van der Waals surface area contributed by atoms with Gasteiger partial charge in [-0.1, -0.05) is 73.1 Å². The molecule has 1 heterocycles. The van der Waals surface area contributed by atoms with Crippen LogP contribution < -0.4 is 5.32 Å². The Morgan fingerprint density at radius 2 is 1.70 bits per heavy atom.